The first-order valence-electron chi connectivity index (χ1n) is 12.4. The van der Waals surface area contributed by atoms with Crippen LogP contribution in [0.5, 0.6) is 0 Å². The minimum Gasteiger partial charge on any atom is -0.403 e. The number of pyridine rings is 1. The summed E-state index contributed by atoms with van der Waals surface area (Å²) in [6.07, 6.45) is 8.31. The summed E-state index contributed by atoms with van der Waals surface area (Å²) in [5, 5.41) is 17.1. The molecule has 0 aliphatic rings. The van der Waals surface area contributed by atoms with Gasteiger partial charge in [-0.15, -0.1) is 6.42 Å². The molecule has 0 amide bonds. The highest BCUT2D eigenvalue weighted by Gasteiger charge is 2.38. The van der Waals surface area contributed by atoms with Gasteiger partial charge in [0.05, 0.1) is 17.8 Å². The number of aromatic nitrogens is 1. The summed E-state index contributed by atoms with van der Waals surface area (Å²) < 4.78 is 1.58. The maximum atomic E-state index is 12.8. The normalized spacial score (nSPS) is 13.1. The lowest BCUT2D eigenvalue weighted by molar-refractivity contribution is 0.0968. The van der Waals surface area contributed by atoms with Crippen LogP contribution < -0.4 is 16.6 Å². The van der Waals surface area contributed by atoms with Crippen LogP contribution in [0.1, 0.15) is 16.7 Å². The highest BCUT2D eigenvalue weighted by Crippen LogP contribution is 2.40. The SMILES string of the molecule is C#CCNCc1ccc(C(O)(/C(=C/N)N(C)C=C)c2ccc3c(c2)c(-c2cccc(Cl)c2)cc(=O)n3C)cc1. The smallest absolute Gasteiger partial charge is 0.251 e. The van der Waals surface area contributed by atoms with Gasteiger partial charge in [0.15, 0.2) is 5.60 Å². The summed E-state index contributed by atoms with van der Waals surface area (Å²) in [5.41, 5.74) is 9.17. The first kappa shape index (κ1) is 27.7. The third-order valence-corrected chi connectivity index (χ3v) is 7.15. The number of halogens is 1. The molecule has 1 heterocycles. The quantitative estimate of drug-likeness (QED) is 0.213. The molecule has 1 atom stereocenters. The highest BCUT2D eigenvalue weighted by molar-refractivity contribution is 6.30. The number of hydrogen-bond donors (Lipinski definition) is 3. The fraction of sp³-hybridized carbons (Fsp3) is 0.156. The fourth-order valence-electron chi connectivity index (χ4n) is 4.78. The van der Waals surface area contributed by atoms with Crippen LogP contribution in [-0.4, -0.2) is 28.2 Å². The standard InChI is InChI=1S/C32H31ClN4O2/c1-5-16-35-21-22-10-12-24(13-11-22)32(39,30(20-34)36(3)6-2)25-14-15-29-28(18-25)27(19-31(38)37(29)4)23-8-7-9-26(33)17-23/h1,6-15,17-20,35,39H,2,16,21,34H2,3-4H3/b30-20-. The van der Waals surface area contributed by atoms with Gasteiger partial charge in [0.25, 0.3) is 5.56 Å². The first-order valence-corrected chi connectivity index (χ1v) is 12.8. The number of rotatable bonds is 9. The topological polar surface area (TPSA) is 83.5 Å². The Morgan fingerprint density at radius 3 is 2.54 bits per heavy atom. The van der Waals surface area contributed by atoms with Gasteiger partial charge in [0.1, 0.15) is 0 Å². The van der Waals surface area contributed by atoms with Gasteiger partial charge >= 0.3 is 0 Å². The molecule has 7 heteroatoms. The fourth-order valence-corrected chi connectivity index (χ4v) is 4.97. The van der Waals surface area contributed by atoms with Gasteiger partial charge in [-0.1, -0.05) is 66.6 Å². The average Bonchev–Trinajstić information content (AvgIpc) is 2.95. The van der Waals surface area contributed by atoms with E-state index in [1.165, 1.54) is 6.20 Å². The maximum absolute atomic E-state index is 12.8. The lowest BCUT2D eigenvalue weighted by Crippen LogP contribution is -2.37. The van der Waals surface area contributed by atoms with Gasteiger partial charge in [0.2, 0.25) is 0 Å². The summed E-state index contributed by atoms with van der Waals surface area (Å²) in [6, 6.07) is 22.1. The molecule has 0 fully saturated rings. The number of likely N-dealkylation sites (N-methyl/N-ethyl adjacent to an activating group) is 1. The van der Waals surface area contributed by atoms with E-state index in [2.05, 4.69) is 17.8 Å². The van der Waals surface area contributed by atoms with Crippen molar-refractivity contribution in [1.82, 2.24) is 14.8 Å². The molecular formula is C32H31ClN4O2. The van der Waals surface area contributed by atoms with Crippen molar-refractivity contribution in [3.8, 4) is 23.5 Å². The van der Waals surface area contributed by atoms with E-state index >= 15 is 0 Å². The number of nitrogens with zero attached hydrogens (tertiary/aromatic N) is 2. The first-order chi connectivity index (χ1) is 18.7. The monoisotopic (exact) mass is 538 g/mol. The molecule has 1 unspecified atom stereocenters. The number of nitrogens with two attached hydrogens (primary N) is 1. The van der Waals surface area contributed by atoms with E-state index < -0.39 is 5.60 Å². The lowest BCUT2D eigenvalue weighted by atomic mass is 9.81. The van der Waals surface area contributed by atoms with Crippen LogP contribution in [0.4, 0.5) is 0 Å². The van der Waals surface area contributed by atoms with Crippen LogP contribution in [0.25, 0.3) is 22.0 Å². The Bertz CT molecular complexity index is 1650. The molecule has 4 rings (SSSR count). The number of aryl methyl sites for hydroxylation is 1. The Kier molecular flexibility index (Phi) is 8.27. The van der Waals surface area contributed by atoms with Crippen molar-refractivity contribution in [2.45, 2.75) is 12.1 Å². The number of hydrogen-bond acceptors (Lipinski definition) is 5. The molecule has 39 heavy (non-hydrogen) atoms. The Labute approximate surface area is 233 Å². The summed E-state index contributed by atoms with van der Waals surface area (Å²) in [4.78, 5) is 14.5. The second-order valence-electron chi connectivity index (χ2n) is 9.26. The van der Waals surface area contributed by atoms with Crippen molar-refractivity contribution in [1.29, 1.82) is 0 Å². The van der Waals surface area contributed by atoms with E-state index in [4.69, 9.17) is 23.8 Å². The third-order valence-electron chi connectivity index (χ3n) is 6.91. The second kappa shape index (κ2) is 11.6. The number of benzene rings is 3. The summed E-state index contributed by atoms with van der Waals surface area (Å²) in [6.45, 7) is 4.92. The van der Waals surface area contributed by atoms with Crippen molar-refractivity contribution in [2.24, 2.45) is 12.8 Å². The van der Waals surface area contributed by atoms with Gasteiger partial charge < -0.3 is 25.6 Å². The van der Waals surface area contributed by atoms with Crippen molar-refractivity contribution >= 4 is 22.5 Å². The minimum atomic E-state index is -1.64. The summed E-state index contributed by atoms with van der Waals surface area (Å²) in [7, 11) is 3.50. The molecule has 0 spiro atoms. The van der Waals surface area contributed by atoms with Crippen LogP contribution in [0.3, 0.4) is 0 Å². The maximum Gasteiger partial charge on any atom is 0.251 e. The zero-order chi connectivity index (χ0) is 28.2. The molecule has 3 aromatic carbocycles. The van der Waals surface area contributed by atoms with E-state index in [0.717, 1.165) is 16.5 Å². The predicted molar refractivity (Wildman–Crippen MR) is 160 cm³/mol. The Balaban J connectivity index is 1.97. The molecule has 198 valence electrons. The van der Waals surface area contributed by atoms with Gasteiger partial charge in [-0.3, -0.25) is 4.79 Å². The molecule has 6 nitrogen and oxygen atoms in total. The van der Waals surface area contributed by atoms with Crippen molar-refractivity contribution in [2.75, 3.05) is 13.6 Å². The van der Waals surface area contributed by atoms with Gasteiger partial charge in [-0.05, 0) is 58.3 Å². The minimum absolute atomic E-state index is 0.150. The molecule has 0 aliphatic heterocycles. The second-order valence-corrected chi connectivity index (χ2v) is 9.69. The number of fused-ring (bicyclic) bond motifs is 1. The van der Waals surface area contributed by atoms with Gasteiger partial charge in [-0.25, -0.2) is 0 Å². The van der Waals surface area contributed by atoms with Gasteiger partial charge in [0, 0.05) is 43.3 Å². The van der Waals surface area contributed by atoms with Crippen LogP contribution >= 0.6 is 11.6 Å². The molecular weight excluding hydrogens is 508 g/mol. The lowest BCUT2D eigenvalue weighted by Gasteiger charge is -2.36. The van der Waals surface area contributed by atoms with Crippen molar-refractivity contribution in [3.05, 3.63) is 130 Å². The molecule has 4 aromatic rings. The Morgan fingerprint density at radius 1 is 1.18 bits per heavy atom. The molecule has 4 N–H and O–H groups in total. The van der Waals surface area contributed by atoms with E-state index in [9.17, 15) is 9.90 Å². The van der Waals surface area contributed by atoms with Crippen molar-refractivity contribution in [3.63, 3.8) is 0 Å². The highest BCUT2D eigenvalue weighted by atomic mass is 35.5. The zero-order valence-electron chi connectivity index (χ0n) is 22.0. The summed E-state index contributed by atoms with van der Waals surface area (Å²) >= 11 is 6.29. The average molecular weight is 539 g/mol. The number of nitrogens with one attached hydrogen (secondary N) is 1. The van der Waals surface area contributed by atoms with E-state index in [-0.39, 0.29) is 5.56 Å². The third kappa shape index (κ3) is 5.34. The van der Waals surface area contributed by atoms with E-state index in [1.807, 2.05) is 60.7 Å². The van der Waals surface area contributed by atoms with E-state index in [0.29, 0.717) is 46.0 Å². The van der Waals surface area contributed by atoms with Crippen molar-refractivity contribution < 1.29 is 5.11 Å². The van der Waals surface area contributed by atoms with E-state index in [1.54, 1.807) is 41.9 Å². The molecule has 0 bridgehead atoms. The van der Waals surface area contributed by atoms with Crippen LogP contribution in [-0.2, 0) is 19.2 Å². The molecule has 0 saturated carbocycles. The van der Waals surface area contributed by atoms with Crippen LogP contribution in [0.15, 0.2) is 102 Å². The number of terminal acetylenes is 1. The summed E-state index contributed by atoms with van der Waals surface area (Å²) in [5.74, 6) is 2.56. The Hall–Kier alpha value is -4.28. The molecule has 0 radical (unpaired) electrons. The van der Waals surface area contributed by atoms with Gasteiger partial charge in [-0.2, -0.15) is 0 Å². The molecule has 0 saturated heterocycles. The Morgan fingerprint density at radius 2 is 1.90 bits per heavy atom. The molecule has 1 aromatic heterocycles. The number of aliphatic hydroxyl groups is 1. The predicted octanol–water partition coefficient (Wildman–Crippen LogP) is 4.69. The largest absolute Gasteiger partial charge is 0.403 e. The van der Waals surface area contributed by atoms with Crippen LogP contribution in [0, 0.1) is 12.3 Å². The van der Waals surface area contributed by atoms with Crippen LogP contribution in [0.2, 0.25) is 5.02 Å². The zero-order valence-corrected chi connectivity index (χ0v) is 22.7. The molecule has 0 aliphatic carbocycles.